The highest BCUT2D eigenvalue weighted by Gasteiger charge is 2.21. The minimum Gasteiger partial charge on any atom is -0.497 e. The lowest BCUT2D eigenvalue weighted by Crippen LogP contribution is -2.26. The van der Waals surface area contributed by atoms with Gasteiger partial charge in [-0.25, -0.2) is 4.39 Å². The fourth-order valence-corrected chi connectivity index (χ4v) is 2.09. The van der Waals surface area contributed by atoms with Crippen molar-refractivity contribution in [3.8, 4) is 5.75 Å². The largest absolute Gasteiger partial charge is 0.497 e. The van der Waals surface area contributed by atoms with Gasteiger partial charge in [0, 0.05) is 6.54 Å². The quantitative estimate of drug-likeness (QED) is 0.650. The van der Waals surface area contributed by atoms with E-state index in [0.717, 1.165) is 5.56 Å². The molecule has 8 heteroatoms. The van der Waals surface area contributed by atoms with Crippen LogP contribution in [-0.2, 0) is 6.42 Å². The molecular formula is C16H14F2N2O4. The number of carbonyl (C=O) groups excluding carboxylic acids is 1. The number of nitro benzene ring substituents is 1. The monoisotopic (exact) mass is 336 g/mol. The van der Waals surface area contributed by atoms with Crippen LogP contribution in [0, 0.1) is 21.7 Å². The van der Waals surface area contributed by atoms with Crippen LogP contribution in [0.3, 0.4) is 0 Å². The van der Waals surface area contributed by atoms with E-state index in [2.05, 4.69) is 5.32 Å². The summed E-state index contributed by atoms with van der Waals surface area (Å²) in [7, 11) is 1.53. The zero-order valence-electron chi connectivity index (χ0n) is 12.7. The molecule has 0 aliphatic rings. The van der Waals surface area contributed by atoms with Crippen LogP contribution in [0.4, 0.5) is 14.5 Å². The number of nitrogens with one attached hydrogen (secondary N) is 1. The third-order valence-corrected chi connectivity index (χ3v) is 3.31. The van der Waals surface area contributed by atoms with Crippen LogP contribution in [-0.4, -0.2) is 24.5 Å². The molecule has 0 saturated heterocycles. The van der Waals surface area contributed by atoms with Crippen molar-refractivity contribution >= 4 is 11.6 Å². The highest BCUT2D eigenvalue weighted by molar-refractivity contribution is 5.94. The lowest BCUT2D eigenvalue weighted by molar-refractivity contribution is -0.387. The van der Waals surface area contributed by atoms with E-state index in [1.165, 1.54) is 7.11 Å². The Morgan fingerprint density at radius 1 is 1.25 bits per heavy atom. The van der Waals surface area contributed by atoms with E-state index >= 15 is 0 Å². The summed E-state index contributed by atoms with van der Waals surface area (Å²) in [5, 5.41) is 13.0. The van der Waals surface area contributed by atoms with Gasteiger partial charge in [0.2, 0.25) is 5.82 Å². The molecule has 0 spiro atoms. The Labute approximate surface area is 136 Å². The third kappa shape index (κ3) is 4.03. The molecule has 0 aliphatic carbocycles. The first-order valence-electron chi connectivity index (χ1n) is 6.97. The fourth-order valence-electron chi connectivity index (χ4n) is 2.09. The van der Waals surface area contributed by atoms with Gasteiger partial charge in [0.1, 0.15) is 11.6 Å². The lowest BCUT2D eigenvalue weighted by atomic mass is 10.1. The number of methoxy groups -OCH3 is 1. The van der Waals surface area contributed by atoms with Gasteiger partial charge in [-0.15, -0.1) is 0 Å². The average molecular weight is 336 g/mol. The Balaban J connectivity index is 2.02. The fraction of sp³-hybridized carbons (Fsp3) is 0.188. The maximum atomic E-state index is 13.7. The summed E-state index contributed by atoms with van der Waals surface area (Å²) in [6.07, 6.45) is 0.458. The molecule has 0 saturated carbocycles. The molecule has 24 heavy (non-hydrogen) atoms. The highest BCUT2D eigenvalue weighted by atomic mass is 19.1. The second-order valence-electron chi connectivity index (χ2n) is 4.90. The molecule has 0 atom stereocenters. The van der Waals surface area contributed by atoms with Gasteiger partial charge < -0.3 is 10.1 Å². The predicted molar refractivity (Wildman–Crippen MR) is 82.0 cm³/mol. The molecule has 0 fully saturated rings. The Bertz CT molecular complexity index is 781. The van der Waals surface area contributed by atoms with Gasteiger partial charge in [0.25, 0.3) is 5.91 Å². The van der Waals surface area contributed by atoms with E-state index < -0.39 is 33.7 Å². The molecule has 2 rings (SSSR count). The number of benzene rings is 2. The number of ether oxygens (including phenoxy) is 1. The van der Waals surface area contributed by atoms with Gasteiger partial charge in [-0.1, -0.05) is 12.1 Å². The summed E-state index contributed by atoms with van der Waals surface area (Å²) in [5.41, 5.74) is -0.700. The van der Waals surface area contributed by atoms with Crippen LogP contribution in [0.15, 0.2) is 36.4 Å². The summed E-state index contributed by atoms with van der Waals surface area (Å²) in [4.78, 5) is 21.4. The second kappa shape index (κ2) is 7.49. The normalized spacial score (nSPS) is 10.3. The summed E-state index contributed by atoms with van der Waals surface area (Å²) in [6, 6.07) is 8.11. The number of halogens is 2. The average Bonchev–Trinajstić information content (AvgIpc) is 2.56. The number of nitro groups is 1. The summed E-state index contributed by atoms with van der Waals surface area (Å²) < 4.78 is 32.3. The Morgan fingerprint density at radius 3 is 2.67 bits per heavy atom. The second-order valence-corrected chi connectivity index (χ2v) is 4.90. The number of hydrogen-bond acceptors (Lipinski definition) is 4. The van der Waals surface area contributed by atoms with Crippen molar-refractivity contribution in [1.29, 1.82) is 0 Å². The van der Waals surface area contributed by atoms with Crippen molar-refractivity contribution in [2.24, 2.45) is 0 Å². The molecule has 0 unspecified atom stereocenters. The van der Waals surface area contributed by atoms with Crippen LogP contribution in [0.25, 0.3) is 0 Å². The number of hydrogen-bond donors (Lipinski definition) is 1. The van der Waals surface area contributed by atoms with E-state index in [-0.39, 0.29) is 6.54 Å². The molecular weight excluding hydrogens is 322 g/mol. The summed E-state index contributed by atoms with van der Waals surface area (Å²) in [5.74, 6) is -2.59. The predicted octanol–water partition coefficient (Wildman–Crippen LogP) is 2.85. The van der Waals surface area contributed by atoms with Crippen molar-refractivity contribution in [3.63, 3.8) is 0 Å². The third-order valence-electron chi connectivity index (χ3n) is 3.31. The molecule has 0 aliphatic heterocycles. The van der Waals surface area contributed by atoms with Gasteiger partial charge in [-0.2, -0.15) is 4.39 Å². The van der Waals surface area contributed by atoms with E-state index in [0.29, 0.717) is 24.3 Å². The van der Waals surface area contributed by atoms with Gasteiger partial charge in [0.15, 0.2) is 0 Å². The first kappa shape index (κ1) is 17.3. The van der Waals surface area contributed by atoms with E-state index in [4.69, 9.17) is 4.74 Å². The molecule has 0 radical (unpaired) electrons. The van der Waals surface area contributed by atoms with E-state index in [1.54, 1.807) is 18.2 Å². The number of rotatable bonds is 6. The molecule has 126 valence electrons. The van der Waals surface area contributed by atoms with Crippen LogP contribution in [0.5, 0.6) is 5.75 Å². The molecule has 0 heterocycles. The van der Waals surface area contributed by atoms with Crippen LogP contribution in [0.1, 0.15) is 15.9 Å². The van der Waals surface area contributed by atoms with Crippen molar-refractivity contribution < 1.29 is 23.2 Å². The first-order chi connectivity index (χ1) is 11.4. The summed E-state index contributed by atoms with van der Waals surface area (Å²) >= 11 is 0. The molecule has 2 aromatic rings. The van der Waals surface area contributed by atoms with E-state index in [9.17, 15) is 23.7 Å². The van der Waals surface area contributed by atoms with Gasteiger partial charge in [0.05, 0.1) is 23.7 Å². The minimum absolute atomic E-state index is 0.185. The molecule has 6 nitrogen and oxygen atoms in total. The Hall–Kier alpha value is -3.03. The number of amides is 1. The SMILES string of the molecule is COc1cccc(CCNC(=O)c2cc(F)c([N+](=O)[O-])cc2F)c1. The van der Waals surface area contributed by atoms with Crippen molar-refractivity contribution in [1.82, 2.24) is 5.32 Å². The smallest absolute Gasteiger partial charge is 0.307 e. The maximum absolute atomic E-state index is 13.7. The van der Waals surface area contributed by atoms with Crippen molar-refractivity contribution in [2.75, 3.05) is 13.7 Å². The standard InChI is InChI=1S/C16H14F2N2O4/c1-24-11-4-2-3-10(7-11)5-6-19-16(21)12-8-14(18)15(20(22)23)9-13(12)17/h2-4,7-9H,5-6H2,1H3,(H,19,21). The first-order valence-corrected chi connectivity index (χ1v) is 6.97. The molecule has 0 aromatic heterocycles. The Morgan fingerprint density at radius 2 is 2.00 bits per heavy atom. The molecule has 0 bridgehead atoms. The van der Waals surface area contributed by atoms with E-state index in [1.807, 2.05) is 6.07 Å². The van der Waals surface area contributed by atoms with Crippen LogP contribution in [0.2, 0.25) is 0 Å². The lowest BCUT2D eigenvalue weighted by Gasteiger charge is -2.08. The Kier molecular flexibility index (Phi) is 5.41. The zero-order valence-corrected chi connectivity index (χ0v) is 12.7. The van der Waals surface area contributed by atoms with Crippen LogP contribution >= 0.6 is 0 Å². The van der Waals surface area contributed by atoms with Gasteiger partial charge in [-0.05, 0) is 30.2 Å². The zero-order chi connectivity index (χ0) is 17.7. The minimum atomic E-state index is -1.26. The summed E-state index contributed by atoms with van der Waals surface area (Å²) in [6.45, 7) is 0.185. The van der Waals surface area contributed by atoms with Crippen LogP contribution < -0.4 is 10.1 Å². The molecule has 1 N–H and O–H groups in total. The van der Waals surface area contributed by atoms with Gasteiger partial charge >= 0.3 is 5.69 Å². The molecule has 2 aromatic carbocycles. The van der Waals surface area contributed by atoms with Crippen molar-refractivity contribution in [3.05, 3.63) is 69.3 Å². The highest BCUT2D eigenvalue weighted by Crippen LogP contribution is 2.21. The molecule has 1 amide bonds. The number of nitrogens with zero attached hydrogens (tertiary/aromatic N) is 1. The number of carbonyl (C=O) groups is 1. The van der Waals surface area contributed by atoms with Crippen molar-refractivity contribution in [2.45, 2.75) is 6.42 Å². The maximum Gasteiger partial charge on any atom is 0.307 e. The van der Waals surface area contributed by atoms with Gasteiger partial charge in [-0.3, -0.25) is 14.9 Å². The topological polar surface area (TPSA) is 81.5 Å².